The van der Waals surface area contributed by atoms with Crippen LogP contribution in [-0.4, -0.2) is 22.9 Å². The van der Waals surface area contributed by atoms with Crippen molar-refractivity contribution in [2.75, 3.05) is 6.61 Å². The molecule has 2 aromatic carbocycles. The van der Waals surface area contributed by atoms with E-state index >= 15 is 0 Å². The van der Waals surface area contributed by atoms with Crippen LogP contribution in [0.4, 0.5) is 0 Å². The molecular weight excluding hydrogens is 296 g/mol. The largest absolute Gasteiger partial charge is 0.396 e. The quantitative estimate of drug-likeness (QED) is 0.766. The first-order valence-corrected chi connectivity index (χ1v) is 8.90. The van der Waals surface area contributed by atoms with Gasteiger partial charge in [0.05, 0.1) is 6.10 Å². The van der Waals surface area contributed by atoms with Gasteiger partial charge in [-0.05, 0) is 49.1 Å². The van der Waals surface area contributed by atoms with Crippen molar-refractivity contribution in [3.63, 3.8) is 0 Å². The van der Waals surface area contributed by atoms with Gasteiger partial charge in [0.2, 0.25) is 0 Å². The number of hydrogen-bond donors (Lipinski definition) is 2. The van der Waals surface area contributed by atoms with E-state index in [-0.39, 0.29) is 12.7 Å². The Morgan fingerprint density at radius 1 is 0.833 bits per heavy atom. The van der Waals surface area contributed by atoms with Gasteiger partial charge in [-0.25, -0.2) is 0 Å². The van der Waals surface area contributed by atoms with E-state index < -0.39 is 0 Å². The zero-order valence-electron chi connectivity index (χ0n) is 15.2. The SMILES string of the molecule is CC(CO)CC(C)c1ccccc1.CC(O)CCc1ccccc1. The van der Waals surface area contributed by atoms with Crippen LogP contribution in [0.15, 0.2) is 60.7 Å². The second-order valence-electron chi connectivity index (χ2n) is 6.71. The first-order valence-electron chi connectivity index (χ1n) is 8.90. The van der Waals surface area contributed by atoms with Gasteiger partial charge in [0.15, 0.2) is 0 Å². The molecule has 0 radical (unpaired) electrons. The number of aryl methyl sites for hydroxylation is 1. The lowest BCUT2D eigenvalue weighted by atomic mass is 9.92. The molecule has 2 nitrogen and oxygen atoms in total. The lowest BCUT2D eigenvalue weighted by Gasteiger charge is -2.15. The minimum absolute atomic E-state index is 0.185. The molecule has 24 heavy (non-hydrogen) atoms. The summed E-state index contributed by atoms with van der Waals surface area (Å²) in [5.41, 5.74) is 2.66. The molecule has 3 unspecified atom stereocenters. The van der Waals surface area contributed by atoms with Gasteiger partial charge >= 0.3 is 0 Å². The molecule has 0 saturated carbocycles. The van der Waals surface area contributed by atoms with Crippen molar-refractivity contribution in [2.24, 2.45) is 5.92 Å². The summed E-state index contributed by atoms with van der Waals surface area (Å²) in [5.74, 6) is 0.943. The summed E-state index contributed by atoms with van der Waals surface area (Å²) in [5, 5.41) is 17.9. The fourth-order valence-electron chi connectivity index (χ4n) is 2.62. The molecule has 0 saturated heterocycles. The molecule has 0 aliphatic rings. The van der Waals surface area contributed by atoms with Crippen molar-refractivity contribution in [1.82, 2.24) is 0 Å². The summed E-state index contributed by atoms with van der Waals surface area (Å²) < 4.78 is 0. The summed E-state index contributed by atoms with van der Waals surface area (Å²) in [4.78, 5) is 0. The van der Waals surface area contributed by atoms with Crippen LogP contribution in [0.3, 0.4) is 0 Å². The molecule has 0 bridgehead atoms. The minimum Gasteiger partial charge on any atom is -0.396 e. The third-order valence-corrected chi connectivity index (χ3v) is 4.13. The molecular formula is C22H32O2. The van der Waals surface area contributed by atoms with Crippen LogP contribution in [-0.2, 0) is 6.42 Å². The van der Waals surface area contributed by atoms with Gasteiger partial charge in [0.1, 0.15) is 0 Å². The highest BCUT2D eigenvalue weighted by atomic mass is 16.3. The van der Waals surface area contributed by atoms with E-state index in [2.05, 4.69) is 50.2 Å². The second kappa shape index (κ2) is 11.8. The summed E-state index contributed by atoms with van der Waals surface area (Å²) in [6, 6.07) is 20.7. The fourth-order valence-corrected chi connectivity index (χ4v) is 2.62. The van der Waals surface area contributed by atoms with E-state index in [0.29, 0.717) is 11.8 Å². The number of aliphatic hydroxyl groups is 2. The standard InChI is InChI=1S/C12H18O.C10H14O/c1-10(9-13)8-11(2)12-6-4-3-5-7-12;1-9(11)7-8-10-5-3-2-4-6-10/h3-7,10-11,13H,8-9H2,1-2H3;2-6,9,11H,7-8H2,1H3. The highest BCUT2D eigenvalue weighted by molar-refractivity contribution is 5.18. The predicted octanol–water partition coefficient (Wildman–Crippen LogP) is 4.81. The van der Waals surface area contributed by atoms with Crippen molar-refractivity contribution in [2.45, 2.75) is 52.1 Å². The highest BCUT2D eigenvalue weighted by Crippen LogP contribution is 2.22. The fraction of sp³-hybridized carbons (Fsp3) is 0.455. The molecule has 2 rings (SSSR count). The van der Waals surface area contributed by atoms with Gasteiger partial charge in [-0.1, -0.05) is 74.5 Å². The van der Waals surface area contributed by atoms with E-state index in [4.69, 9.17) is 10.2 Å². The maximum Gasteiger partial charge on any atom is 0.0515 e. The van der Waals surface area contributed by atoms with Gasteiger partial charge in [-0.15, -0.1) is 0 Å². The Labute approximate surface area is 147 Å². The third kappa shape index (κ3) is 8.85. The first-order chi connectivity index (χ1) is 11.5. The normalized spacial score (nSPS) is 14.2. The molecule has 0 spiro atoms. The molecule has 0 aliphatic heterocycles. The van der Waals surface area contributed by atoms with Gasteiger partial charge < -0.3 is 10.2 Å². The Balaban J connectivity index is 0.000000243. The zero-order valence-corrected chi connectivity index (χ0v) is 15.2. The summed E-state index contributed by atoms with van der Waals surface area (Å²) in [6.07, 6.45) is 2.69. The Morgan fingerprint density at radius 3 is 1.88 bits per heavy atom. The molecule has 2 N–H and O–H groups in total. The third-order valence-electron chi connectivity index (χ3n) is 4.13. The van der Waals surface area contributed by atoms with Crippen molar-refractivity contribution >= 4 is 0 Å². The maximum absolute atomic E-state index is 9.01. The predicted molar refractivity (Wildman–Crippen MR) is 102 cm³/mol. The first kappa shape index (κ1) is 20.4. The molecule has 132 valence electrons. The molecule has 3 atom stereocenters. The van der Waals surface area contributed by atoms with Crippen LogP contribution in [0.2, 0.25) is 0 Å². The molecule has 0 fully saturated rings. The second-order valence-corrected chi connectivity index (χ2v) is 6.71. The van der Waals surface area contributed by atoms with E-state index in [1.807, 2.05) is 31.2 Å². The topological polar surface area (TPSA) is 40.5 Å². The Hall–Kier alpha value is -1.64. The van der Waals surface area contributed by atoms with Crippen molar-refractivity contribution in [3.8, 4) is 0 Å². The van der Waals surface area contributed by atoms with E-state index in [9.17, 15) is 0 Å². The maximum atomic E-state index is 9.01. The van der Waals surface area contributed by atoms with E-state index in [1.54, 1.807) is 0 Å². The molecule has 2 aromatic rings. The summed E-state index contributed by atoms with van der Waals surface area (Å²) in [6.45, 7) is 6.40. The highest BCUT2D eigenvalue weighted by Gasteiger charge is 2.09. The lowest BCUT2D eigenvalue weighted by molar-refractivity contribution is 0.185. The Kier molecular flexibility index (Phi) is 10.1. The van der Waals surface area contributed by atoms with Gasteiger partial charge in [-0.3, -0.25) is 0 Å². The van der Waals surface area contributed by atoms with Crippen molar-refractivity contribution < 1.29 is 10.2 Å². The zero-order chi connectivity index (χ0) is 17.8. The average molecular weight is 328 g/mol. The van der Waals surface area contributed by atoms with Gasteiger partial charge in [-0.2, -0.15) is 0 Å². The number of aliphatic hydroxyl groups excluding tert-OH is 2. The Bertz CT molecular complexity index is 522. The van der Waals surface area contributed by atoms with Crippen LogP contribution in [0, 0.1) is 5.92 Å². The summed E-state index contributed by atoms with van der Waals surface area (Å²) in [7, 11) is 0. The van der Waals surface area contributed by atoms with Crippen LogP contribution in [0.5, 0.6) is 0 Å². The molecule has 0 amide bonds. The number of rotatable bonds is 7. The minimum atomic E-state index is -0.185. The van der Waals surface area contributed by atoms with Crippen LogP contribution in [0.25, 0.3) is 0 Å². The molecule has 0 heterocycles. The molecule has 0 aromatic heterocycles. The van der Waals surface area contributed by atoms with Crippen molar-refractivity contribution in [3.05, 3.63) is 71.8 Å². The molecule has 0 aliphatic carbocycles. The average Bonchev–Trinajstić information content (AvgIpc) is 2.62. The van der Waals surface area contributed by atoms with Gasteiger partial charge in [0.25, 0.3) is 0 Å². The Morgan fingerprint density at radius 2 is 1.38 bits per heavy atom. The molecule has 2 heteroatoms. The van der Waals surface area contributed by atoms with Crippen molar-refractivity contribution in [1.29, 1.82) is 0 Å². The van der Waals surface area contributed by atoms with E-state index in [1.165, 1.54) is 11.1 Å². The lowest BCUT2D eigenvalue weighted by Crippen LogP contribution is -2.05. The van der Waals surface area contributed by atoms with Crippen LogP contribution >= 0.6 is 0 Å². The smallest absolute Gasteiger partial charge is 0.0515 e. The summed E-state index contributed by atoms with van der Waals surface area (Å²) >= 11 is 0. The monoisotopic (exact) mass is 328 g/mol. The van der Waals surface area contributed by atoms with Gasteiger partial charge in [0, 0.05) is 6.61 Å². The van der Waals surface area contributed by atoms with E-state index in [0.717, 1.165) is 19.3 Å². The number of hydrogen-bond acceptors (Lipinski definition) is 2. The van der Waals surface area contributed by atoms with Crippen LogP contribution in [0.1, 0.15) is 50.7 Å². The number of benzene rings is 2. The van der Waals surface area contributed by atoms with Crippen LogP contribution < -0.4 is 0 Å².